The molecule has 13 heavy (non-hydrogen) atoms. The SMILES string of the molecule is O=CNc1nc2ncnc(O)c2[nH]1. The Morgan fingerprint density at radius 2 is 2.38 bits per heavy atom. The van der Waals surface area contributed by atoms with Crippen LogP contribution in [0.1, 0.15) is 0 Å². The van der Waals surface area contributed by atoms with E-state index in [-0.39, 0.29) is 11.8 Å². The minimum absolute atomic E-state index is 0.198. The van der Waals surface area contributed by atoms with E-state index in [1.165, 1.54) is 6.33 Å². The maximum atomic E-state index is 10.1. The van der Waals surface area contributed by atoms with Crippen molar-refractivity contribution in [1.82, 2.24) is 19.9 Å². The third-order valence-electron chi connectivity index (χ3n) is 1.46. The molecule has 0 atom stereocenters. The highest BCUT2D eigenvalue weighted by Crippen LogP contribution is 2.18. The highest BCUT2D eigenvalue weighted by atomic mass is 16.3. The first-order valence-electron chi connectivity index (χ1n) is 3.41. The van der Waals surface area contributed by atoms with Crippen molar-refractivity contribution in [2.24, 2.45) is 0 Å². The number of H-pyrrole nitrogens is 1. The molecule has 0 bridgehead atoms. The molecule has 0 aliphatic carbocycles. The van der Waals surface area contributed by atoms with Gasteiger partial charge in [0.2, 0.25) is 18.2 Å². The van der Waals surface area contributed by atoms with Crippen LogP contribution < -0.4 is 5.32 Å². The minimum atomic E-state index is -0.198. The summed E-state index contributed by atoms with van der Waals surface area (Å²) in [7, 11) is 0. The lowest BCUT2D eigenvalue weighted by atomic mass is 10.5. The Kier molecular flexibility index (Phi) is 1.55. The fraction of sp³-hybridized carbons (Fsp3) is 0. The molecule has 7 heteroatoms. The van der Waals surface area contributed by atoms with Crippen molar-refractivity contribution in [2.75, 3.05) is 5.32 Å². The van der Waals surface area contributed by atoms with Crippen LogP contribution in [0, 0.1) is 0 Å². The molecule has 0 aromatic carbocycles. The summed E-state index contributed by atoms with van der Waals surface area (Å²) < 4.78 is 0. The van der Waals surface area contributed by atoms with E-state index >= 15 is 0 Å². The van der Waals surface area contributed by atoms with Crippen LogP contribution in [0.25, 0.3) is 11.2 Å². The van der Waals surface area contributed by atoms with Gasteiger partial charge in [0.15, 0.2) is 5.65 Å². The van der Waals surface area contributed by atoms with Crippen molar-refractivity contribution in [3.8, 4) is 5.88 Å². The first-order valence-corrected chi connectivity index (χ1v) is 3.41. The number of aromatic amines is 1. The smallest absolute Gasteiger partial charge is 0.240 e. The second-order valence-electron chi connectivity index (χ2n) is 2.24. The molecule has 2 aromatic rings. The Morgan fingerprint density at radius 1 is 1.54 bits per heavy atom. The van der Waals surface area contributed by atoms with E-state index in [4.69, 9.17) is 0 Å². The number of carbonyl (C=O) groups excluding carboxylic acids is 1. The molecule has 0 saturated heterocycles. The number of amides is 1. The Bertz CT molecular complexity index is 451. The summed E-state index contributed by atoms with van der Waals surface area (Å²) in [6.07, 6.45) is 1.66. The van der Waals surface area contributed by atoms with E-state index in [2.05, 4.69) is 25.3 Å². The standard InChI is InChI=1S/C6H5N5O2/c12-2-9-6-10-3-4(11-6)7-1-8-5(3)13/h1-2H,(H3,7,8,9,10,11,12,13). The first-order chi connectivity index (χ1) is 6.31. The van der Waals surface area contributed by atoms with Gasteiger partial charge in [-0.1, -0.05) is 0 Å². The van der Waals surface area contributed by atoms with E-state index in [0.29, 0.717) is 17.6 Å². The zero-order chi connectivity index (χ0) is 9.26. The number of hydrogen-bond donors (Lipinski definition) is 3. The predicted molar refractivity (Wildman–Crippen MR) is 43.0 cm³/mol. The van der Waals surface area contributed by atoms with Crippen LogP contribution in [-0.4, -0.2) is 31.5 Å². The van der Waals surface area contributed by atoms with Gasteiger partial charge < -0.3 is 10.1 Å². The molecule has 0 unspecified atom stereocenters. The van der Waals surface area contributed by atoms with Gasteiger partial charge in [0, 0.05) is 0 Å². The summed E-state index contributed by atoms with van der Waals surface area (Å²) in [5, 5.41) is 11.5. The van der Waals surface area contributed by atoms with Gasteiger partial charge in [-0.2, -0.15) is 9.97 Å². The van der Waals surface area contributed by atoms with Crippen LogP contribution >= 0.6 is 0 Å². The average molecular weight is 179 g/mol. The van der Waals surface area contributed by atoms with E-state index in [1.807, 2.05) is 0 Å². The van der Waals surface area contributed by atoms with Gasteiger partial charge in [0.1, 0.15) is 11.8 Å². The van der Waals surface area contributed by atoms with Crippen molar-refractivity contribution in [1.29, 1.82) is 0 Å². The molecule has 2 heterocycles. The lowest BCUT2D eigenvalue weighted by molar-refractivity contribution is -0.105. The monoisotopic (exact) mass is 179 g/mol. The number of hydrogen-bond acceptors (Lipinski definition) is 5. The molecule has 3 N–H and O–H groups in total. The first kappa shape index (κ1) is 7.47. The van der Waals surface area contributed by atoms with E-state index in [9.17, 15) is 9.90 Å². The summed E-state index contributed by atoms with van der Waals surface area (Å²) >= 11 is 0. The van der Waals surface area contributed by atoms with Crippen molar-refractivity contribution in [2.45, 2.75) is 0 Å². The predicted octanol–water partition coefficient (Wildman–Crippen LogP) is -0.373. The summed E-state index contributed by atoms with van der Waals surface area (Å²) in [4.78, 5) is 23.9. The quantitative estimate of drug-likeness (QED) is 0.545. The van der Waals surface area contributed by atoms with Crippen LogP contribution in [0.2, 0.25) is 0 Å². The number of anilines is 1. The van der Waals surface area contributed by atoms with Gasteiger partial charge in [-0.05, 0) is 0 Å². The van der Waals surface area contributed by atoms with Gasteiger partial charge in [0.25, 0.3) is 0 Å². The highest BCUT2D eigenvalue weighted by Gasteiger charge is 2.07. The number of aromatic nitrogens is 4. The Morgan fingerprint density at radius 3 is 3.08 bits per heavy atom. The van der Waals surface area contributed by atoms with Crippen molar-refractivity contribution in [3.05, 3.63) is 6.33 Å². The molecule has 66 valence electrons. The zero-order valence-corrected chi connectivity index (χ0v) is 6.35. The number of carbonyl (C=O) groups is 1. The third kappa shape index (κ3) is 1.15. The van der Waals surface area contributed by atoms with Crippen LogP contribution in [0.15, 0.2) is 6.33 Å². The number of nitrogens with zero attached hydrogens (tertiary/aromatic N) is 3. The van der Waals surface area contributed by atoms with Crippen molar-refractivity contribution in [3.63, 3.8) is 0 Å². The molecule has 0 aliphatic rings. The van der Waals surface area contributed by atoms with Crippen molar-refractivity contribution < 1.29 is 9.90 Å². The fourth-order valence-corrected chi connectivity index (χ4v) is 0.940. The number of rotatable bonds is 2. The molecule has 2 rings (SSSR count). The van der Waals surface area contributed by atoms with Crippen LogP contribution in [-0.2, 0) is 4.79 Å². The highest BCUT2D eigenvalue weighted by molar-refractivity contribution is 5.80. The van der Waals surface area contributed by atoms with Crippen LogP contribution in [0.5, 0.6) is 5.88 Å². The fourth-order valence-electron chi connectivity index (χ4n) is 0.940. The maximum absolute atomic E-state index is 10.1. The van der Waals surface area contributed by atoms with Gasteiger partial charge >= 0.3 is 0 Å². The third-order valence-corrected chi connectivity index (χ3v) is 1.46. The minimum Gasteiger partial charge on any atom is -0.492 e. The summed E-state index contributed by atoms with van der Waals surface area (Å²) in [6.45, 7) is 0. The van der Waals surface area contributed by atoms with Crippen molar-refractivity contribution >= 4 is 23.5 Å². The van der Waals surface area contributed by atoms with Gasteiger partial charge in [-0.3, -0.25) is 10.1 Å². The molecule has 0 saturated carbocycles. The van der Waals surface area contributed by atoms with Crippen LogP contribution in [0.4, 0.5) is 5.95 Å². The molecule has 0 fully saturated rings. The largest absolute Gasteiger partial charge is 0.492 e. The molecular formula is C6H5N5O2. The maximum Gasteiger partial charge on any atom is 0.240 e. The Balaban J connectivity index is 2.61. The number of aromatic hydroxyl groups is 1. The Labute approximate surface area is 71.9 Å². The number of nitrogens with one attached hydrogen (secondary N) is 2. The molecule has 0 aliphatic heterocycles. The second-order valence-corrected chi connectivity index (χ2v) is 2.24. The molecule has 0 radical (unpaired) electrons. The van der Waals surface area contributed by atoms with Gasteiger partial charge in [-0.25, -0.2) is 4.98 Å². The molecule has 7 nitrogen and oxygen atoms in total. The summed E-state index contributed by atoms with van der Waals surface area (Å²) in [5.74, 6) is 0.0252. The number of fused-ring (bicyclic) bond motifs is 1. The normalized spacial score (nSPS) is 10.2. The molecular weight excluding hydrogens is 174 g/mol. The lowest BCUT2D eigenvalue weighted by Crippen LogP contribution is -1.94. The zero-order valence-electron chi connectivity index (χ0n) is 6.35. The molecule has 2 aromatic heterocycles. The number of imidazole rings is 1. The second kappa shape index (κ2) is 2.70. The summed E-state index contributed by atoms with van der Waals surface area (Å²) in [5.41, 5.74) is 0.601. The van der Waals surface area contributed by atoms with Gasteiger partial charge in [-0.15, -0.1) is 0 Å². The topological polar surface area (TPSA) is 104 Å². The Hall–Kier alpha value is -2.18. The van der Waals surface area contributed by atoms with E-state index < -0.39 is 0 Å². The average Bonchev–Trinajstić information content (AvgIpc) is 2.49. The molecule has 1 amide bonds. The van der Waals surface area contributed by atoms with Crippen LogP contribution in [0.3, 0.4) is 0 Å². The van der Waals surface area contributed by atoms with E-state index in [1.54, 1.807) is 0 Å². The molecule has 0 spiro atoms. The summed E-state index contributed by atoms with van der Waals surface area (Å²) in [6, 6.07) is 0. The van der Waals surface area contributed by atoms with E-state index in [0.717, 1.165) is 0 Å². The lowest BCUT2D eigenvalue weighted by Gasteiger charge is -1.88. The van der Waals surface area contributed by atoms with Gasteiger partial charge in [0.05, 0.1) is 0 Å².